The molecule has 0 spiro atoms. The predicted octanol–water partition coefficient (Wildman–Crippen LogP) is 2.93. The first kappa shape index (κ1) is 16.6. The smallest absolute Gasteiger partial charge is 0.253 e. The lowest BCUT2D eigenvalue weighted by atomic mass is 10.1. The molecule has 1 aliphatic rings. The summed E-state index contributed by atoms with van der Waals surface area (Å²) in [7, 11) is 0. The average molecular weight is 353 g/mol. The number of hydrogen-bond acceptors (Lipinski definition) is 4. The summed E-state index contributed by atoms with van der Waals surface area (Å²) in [6.45, 7) is 2.98. The van der Waals surface area contributed by atoms with Gasteiger partial charge in [0.1, 0.15) is 11.6 Å². The molecule has 0 unspecified atom stereocenters. The van der Waals surface area contributed by atoms with Crippen molar-refractivity contribution in [2.75, 3.05) is 0 Å². The van der Waals surface area contributed by atoms with Crippen molar-refractivity contribution in [3.63, 3.8) is 0 Å². The number of benzene rings is 1. The van der Waals surface area contributed by atoms with Gasteiger partial charge in [0.2, 0.25) is 0 Å². The molecule has 7 heteroatoms. The number of hydrogen-bond donors (Lipinski definition) is 1. The van der Waals surface area contributed by atoms with Crippen LogP contribution < -0.4 is 5.32 Å². The van der Waals surface area contributed by atoms with Crippen molar-refractivity contribution in [1.29, 1.82) is 0 Å². The van der Waals surface area contributed by atoms with Gasteiger partial charge in [-0.05, 0) is 38.0 Å². The number of nitrogens with zero attached hydrogens (tertiary/aromatic N) is 4. The van der Waals surface area contributed by atoms with E-state index in [0.29, 0.717) is 23.3 Å². The minimum Gasteiger partial charge on any atom is -0.345 e. The van der Waals surface area contributed by atoms with Crippen LogP contribution in [0.3, 0.4) is 0 Å². The van der Waals surface area contributed by atoms with E-state index in [9.17, 15) is 9.18 Å². The fraction of sp³-hybridized carbons (Fsp3) is 0.368. The summed E-state index contributed by atoms with van der Waals surface area (Å²) >= 11 is 0. The van der Waals surface area contributed by atoms with Gasteiger partial charge in [0.05, 0.1) is 23.3 Å². The van der Waals surface area contributed by atoms with Gasteiger partial charge in [-0.25, -0.2) is 4.39 Å². The molecule has 26 heavy (non-hydrogen) atoms. The molecule has 6 nitrogen and oxygen atoms in total. The molecule has 1 amide bonds. The second-order valence-corrected chi connectivity index (χ2v) is 6.64. The summed E-state index contributed by atoms with van der Waals surface area (Å²) in [5.74, 6) is 1.22. The largest absolute Gasteiger partial charge is 0.345 e. The Hall–Kier alpha value is -2.83. The van der Waals surface area contributed by atoms with E-state index < -0.39 is 0 Å². The monoisotopic (exact) mass is 353 g/mol. The number of carbonyl (C=O) groups excluding carboxylic acids is 1. The van der Waals surface area contributed by atoms with Crippen molar-refractivity contribution in [2.45, 2.75) is 45.7 Å². The number of rotatable bonds is 3. The fourth-order valence-corrected chi connectivity index (χ4v) is 3.40. The molecule has 0 fully saturated rings. The second-order valence-electron chi connectivity index (χ2n) is 6.64. The van der Waals surface area contributed by atoms with Crippen molar-refractivity contribution >= 4 is 16.8 Å². The third-order valence-electron chi connectivity index (χ3n) is 4.81. The minimum atomic E-state index is -0.339. The first-order valence-electron chi connectivity index (χ1n) is 8.88. The van der Waals surface area contributed by atoms with Gasteiger partial charge in [-0.2, -0.15) is 0 Å². The molecule has 0 saturated heterocycles. The molecule has 1 aromatic carbocycles. The van der Waals surface area contributed by atoms with Gasteiger partial charge in [-0.1, -0.05) is 6.42 Å². The topological polar surface area (TPSA) is 72.7 Å². The number of aryl methyl sites for hydroxylation is 2. The van der Waals surface area contributed by atoms with E-state index in [-0.39, 0.29) is 11.7 Å². The van der Waals surface area contributed by atoms with E-state index >= 15 is 0 Å². The lowest BCUT2D eigenvalue weighted by molar-refractivity contribution is 0.0948. The third-order valence-corrected chi connectivity index (χ3v) is 4.81. The van der Waals surface area contributed by atoms with Gasteiger partial charge in [-0.3, -0.25) is 9.78 Å². The van der Waals surface area contributed by atoms with E-state index in [2.05, 4.69) is 25.1 Å². The number of aromatic nitrogens is 4. The van der Waals surface area contributed by atoms with E-state index in [0.717, 1.165) is 42.8 Å². The zero-order chi connectivity index (χ0) is 18.1. The number of carbonyl (C=O) groups is 1. The van der Waals surface area contributed by atoms with Crippen molar-refractivity contribution in [3.8, 4) is 0 Å². The molecular weight excluding hydrogens is 333 g/mol. The van der Waals surface area contributed by atoms with Crippen molar-refractivity contribution in [3.05, 3.63) is 53.0 Å². The number of amides is 1. The molecule has 0 atom stereocenters. The zero-order valence-corrected chi connectivity index (χ0v) is 14.6. The van der Waals surface area contributed by atoms with Crippen LogP contribution in [0.1, 0.15) is 47.0 Å². The second kappa shape index (κ2) is 6.82. The van der Waals surface area contributed by atoms with Gasteiger partial charge >= 0.3 is 0 Å². The van der Waals surface area contributed by atoms with Crippen LogP contribution in [0.5, 0.6) is 0 Å². The first-order chi connectivity index (χ1) is 12.6. The summed E-state index contributed by atoms with van der Waals surface area (Å²) in [6.07, 6.45) is 4.37. The summed E-state index contributed by atoms with van der Waals surface area (Å²) in [6, 6.07) is 6.12. The lowest BCUT2D eigenvalue weighted by Crippen LogP contribution is -2.26. The van der Waals surface area contributed by atoms with Gasteiger partial charge in [0.15, 0.2) is 5.82 Å². The number of pyridine rings is 1. The molecule has 2 aromatic heterocycles. The quantitative estimate of drug-likeness (QED) is 0.786. The van der Waals surface area contributed by atoms with E-state index in [1.165, 1.54) is 18.6 Å². The molecule has 3 heterocycles. The molecule has 4 rings (SSSR count). The predicted molar refractivity (Wildman–Crippen MR) is 95.2 cm³/mol. The molecule has 3 aromatic rings. The molecule has 1 aliphatic heterocycles. The maximum absolute atomic E-state index is 13.3. The highest BCUT2D eigenvalue weighted by Gasteiger charge is 2.17. The van der Waals surface area contributed by atoms with Gasteiger partial charge in [0.25, 0.3) is 5.91 Å². The van der Waals surface area contributed by atoms with Gasteiger partial charge in [0, 0.05) is 24.4 Å². The van der Waals surface area contributed by atoms with Crippen molar-refractivity contribution in [2.24, 2.45) is 0 Å². The molecule has 0 radical (unpaired) electrons. The summed E-state index contributed by atoms with van der Waals surface area (Å²) in [5.41, 5.74) is 1.60. The van der Waals surface area contributed by atoms with Gasteiger partial charge < -0.3 is 9.88 Å². The van der Waals surface area contributed by atoms with Crippen LogP contribution in [0.25, 0.3) is 10.9 Å². The fourth-order valence-electron chi connectivity index (χ4n) is 3.40. The lowest BCUT2D eigenvalue weighted by Gasteiger charge is -2.10. The van der Waals surface area contributed by atoms with Crippen LogP contribution in [-0.4, -0.2) is 25.7 Å². The molecular formula is C19H20FN5O. The Kier molecular flexibility index (Phi) is 4.36. The highest BCUT2D eigenvalue weighted by Crippen LogP contribution is 2.18. The van der Waals surface area contributed by atoms with E-state index in [4.69, 9.17) is 0 Å². The number of halogens is 1. The minimum absolute atomic E-state index is 0.216. The molecule has 0 aliphatic carbocycles. The summed E-state index contributed by atoms with van der Waals surface area (Å²) in [4.78, 5) is 17.0. The highest BCUT2D eigenvalue weighted by atomic mass is 19.1. The Bertz CT molecular complexity index is 981. The van der Waals surface area contributed by atoms with E-state index in [1.807, 2.05) is 0 Å². The van der Waals surface area contributed by atoms with Crippen molar-refractivity contribution in [1.82, 2.24) is 25.1 Å². The number of fused-ring (bicyclic) bond motifs is 2. The maximum Gasteiger partial charge on any atom is 0.253 e. The first-order valence-corrected chi connectivity index (χ1v) is 8.88. The Morgan fingerprint density at radius 3 is 3.00 bits per heavy atom. The Labute approximate surface area is 150 Å². The molecule has 0 saturated carbocycles. The Balaban J connectivity index is 1.54. The SMILES string of the molecule is Cc1nc2cc(F)ccc2cc1C(=O)NCc1nnc2n1CCCCC2. The van der Waals surface area contributed by atoms with Crippen LogP contribution in [0, 0.1) is 12.7 Å². The van der Waals surface area contributed by atoms with Crippen LogP contribution >= 0.6 is 0 Å². The Morgan fingerprint density at radius 1 is 1.23 bits per heavy atom. The molecule has 0 bridgehead atoms. The van der Waals surface area contributed by atoms with Crippen molar-refractivity contribution < 1.29 is 9.18 Å². The summed E-state index contributed by atoms with van der Waals surface area (Å²) in [5, 5.41) is 12.1. The Morgan fingerprint density at radius 2 is 2.12 bits per heavy atom. The highest BCUT2D eigenvalue weighted by molar-refractivity contribution is 5.98. The standard InChI is InChI=1S/C19H20FN5O/c1-12-15(9-13-6-7-14(20)10-16(13)22-12)19(26)21-11-18-24-23-17-5-3-2-4-8-25(17)18/h6-7,9-10H,2-5,8,11H2,1H3,(H,21,26). The van der Waals surface area contributed by atoms with Crippen LogP contribution in [0.4, 0.5) is 4.39 Å². The summed E-state index contributed by atoms with van der Waals surface area (Å²) < 4.78 is 15.5. The third kappa shape index (κ3) is 3.16. The number of nitrogens with one attached hydrogen (secondary N) is 1. The molecule has 134 valence electrons. The maximum atomic E-state index is 13.3. The van der Waals surface area contributed by atoms with E-state index in [1.54, 1.807) is 19.1 Å². The van der Waals surface area contributed by atoms with Crippen LogP contribution in [0.2, 0.25) is 0 Å². The van der Waals surface area contributed by atoms with Gasteiger partial charge in [-0.15, -0.1) is 10.2 Å². The average Bonchev–Trinajstić information content (AvgIpc) is 2.85. The zero-order valence-electron chi connectivity index (χ0n) is 14.6. The molecule has 1 N–H and O–H groups in total. The van der Waals surface area contributed by atoms with Crippen LogP contribution in [-0.2, 0) is 19.5 Å². The van der Waals surface area contributed by atoms with Crippen LogP contribution in [0.15, 0.2) is 24.3 Å². The normalized spacial score (nSPS) is 14.1.